The highest BCUT2D eigenvalue weighted by Gasteiger charge is 2.53. The molecule has 0 aromatic carbocycles. The molecule has 4 heteroatoms. The highest BCUT2D eigenvalue weighted by atomic mass is 16.5. The fraction of sp³-hybridized carbons (Fsp3) is 0.714. The van der Waals surface area contributed by atoms with Crippen molar-refractivity contribution in [1.29, 1.82) is 0 Å². The van der Waals surface area contributed by atoms with Crippen LogP contribution in [0.4, 0.5) is 0 Å². The Morgan fingerprint density at radius 3 is 3.06 bits per heavy atom. The van der Waals surface area contributed by atoms with Gasteiger partial charge in [-0.3, -0.25) is 0 Å². The third kappa shape index (κ3) is 1.51. The van der Waals surface area contributed by atoms with Crippen molar-refractivity contribution in [1.82, 2.24) is 5.10 Å². The van der Waals surface area contributed by atoms with E-state index in [-0.39, 0.29) is 5.97 Å². The molecule has 0 spiro atoms. The second-order valence-corrected chi connectivity index (χ2v) is 5.86. The van der Waals surface area contributed by atoms with Crippen molar-refractivity contribution in [2.75, 3.05) is 6.61 Å². The molecule has 0 saturated heterocycles. The van der Waals surface area contributed by atoms with E-state index in [1.165, 1.54) is 37.1 Å². The van der Waals surface area contributed by atoms with Gasteiger partial charge in [-0.25, -0.2) is 4.79 Å². The van der Waals surface area contributed by atoms with Crippen molar-refractivity contribution in [3.8, 4) is 0 Å². The first-order chi connectivity index (χ1) is 8.78. The molecule has 0 bridgehead atoms. The van der Waals surface area contributed by atoms with Gasteiger partial charge in [-0.1, -0.05) is 0 Å². The van der Waals surface area contributed by atoms with E-state index in [4.69, 9.17) is 4.74 Å². The predicted molar refractivity (Wildman–Crippen MR) is 64.1 cm³/mol. The average molecular weight is 247 g/mol. The number of aromatic amines is 1. The third-order valence-electron chi connectivity index (χ3n) is 4.48. The minimum Gasteiger partial charge on any atom is -0.461 e. The largest absolute Gasteiger partial charge is 0.461 e. The van der Waals surface area contributed by atoms with Crippen molar-refractivity contribution < 1.29 is 14.2 Å². The molecule has 2 unspecified atom stereocenters. The van der Waals surface area contributed by atoms with Gasteiger partial charge in [0.25, 0.3) is 6.54 Å². The Morgan fingerprint density at radius 1 is 1.50 bits per heavy atom. The lowest BCUT2D eigenvalue weighted by Crippen LogP contribution is -2.44. The van der Waals surface area contributed by atoms with E-state index >= 15 is 0 Å². The third-order valence-corrected chi connectivity index (χ3v) is 4.48. The van der Waals surface area contributed by atoms with Gasteiger partial charge in [0.15, 0.2) is 0 Å². The lowest BCUT2D eigenvalue weighted by atomic mass is 10.1. The van der Waals surface area contributed by atoms with E-state index in [0.29, 0.717) is 19.1 Å². The maximum Gasteiger partial charge on any atom is 0.375 e. The Labute approximate surface area is 106 Å². The summed E-state index contributed by atoms with van der Waals surface area (Å²) in [5.41, 5.74) is 4.37. The van der Waals surface area contributed by atoms with E-state index < -0.39 is 0 Å². The average Bonchev–Trinajstić information content (AvgIpc) is 3.21. The monoisotopic (exact) mass is 247 g/mol. The van der Waals surface area contributed by atoms with Crippen LogP contribution in [-0.2, 0) is 22.5 Å². The Morgan fingerprint density at radius 2 is 2.33 bits per heavy atom. The number of carbonyl (C=O) groups excluding carboxylic acids is 1. The molecule has 0 aliphatic heterocycles. The molecule has 1 N–H and O–H groups in total. The standard InChI is InChI=1S/C14H18N2O2/c1-2-18-12(17)7-16-14(8-3-4-8)13-10-5-9(10)6-11(13)15-16/h8-10H,2-7H2,1H3/p+1. The van der Waals surface area contributed by atoms with Crippen molar-refractivity contribution in [3.05, 3.63) is 17.0 Å². The van der Waals surface area contributed by atoms with E-state index in [0.717, 1.165) is 11.8 Å². The Balaban J connectivity index is 1.66. The van der Waals surface area contributed by atoms with Crippen molar-refractivity contribution in [2.45, 2.75) is 51.0 Å². The SMILES string of the molecule is CCOC(=O)C[n+]1[nH]c2c(c1C1CC1)C1CC1C2. The Bertz CT molecular complexity index is 516. The van der Waals surface area contributed by atoms with E-state index in [2.05, 4.69) is 9.78 Å². The van der Waals surface area contributed by atoms with Crippen LogP contribution in [-0.4, -0.2) is 17.7 Å². The van der Waals surface area contributed by atoms with E-state index in [1.807, 2.05) is 6.92 Å². The number of nitrogens with one attached hydrogen (secondary N) is 1. The maximum absolute atomic E-state index is 11.7. The highest BCUT2D eigenvalue weighted by Crippen LogP contribution is 2.58. The molecule has 0 radical (unpaired) electrons. The van der Waals surface area contributed by atoms with Crippen LogP contribution in [0, 0.1) is 5.92 Å². The van der Waals surface area contributed by atoms with Gasteiger partial charge in [-0.15, -0.1) is 4.68 Å². The molecule has 96 valence electrons. The summed E-state index contributed by atoms with van der Waals surface area (Å²) in [6.45, 7) is 2.67. The summed E-state index contributed by atoms with van der Waals surface area (Å²) in [6.07, 6.45) is 5.12. The van der Waals surface area contributed by atoms with Gasteiger partial charge in [0, 0.05) is 11.5 Å². The molecule has 2 saturated carbocycles. The van der Waals surface area contributed by atoms with Gasteiger partial charge >= 0.3 is 5.97 Å². The van der Waals surface area contributed by atoms with Crippen molar-refractivity contribution >= 4 is 5.97 Å². The summed E-state index contributed by atoms with van der Waals surface area (Å²) in [5, 5.41) is 3.45. The summed E-state index contributed by atoms with van der Waals surface area (Å²) < 4.78 is 7.12. The van der Waals surface area contributed by atoms with Crippen LogP contribution in [0.2, 0.25) is 0 Å². The quantitative estimate of drug-likeness (QED) is 0.646. The molecule has 4 nitrogen and oxygen atoms in total. The van der Waals surface area contributed by atoms with Crippen LogP contribution in [0.3, 0.4) is 0 Å². The van der Waals surface area contributed by atoms with Crippen LogP contribution < -0.4 is 4.68 Å². The van der Waals surface area contributed by atoms with Crippen LogP contribution >= 0.6 is 0 Å². The zero-order valence-electron chi connectivity index (χ0n) is 10.7. The molecule has 2 atom stereocenters. The van der Waals surface area contributed by atoms with E-state index in [1.54, 1.807) is 5.56 Å². The fourth-order valence-electron chi connectivity index (χ4n) is 3.50. The summed E-state index contributed by atoms with van der Waals surface area (Å²) >= 11 is 0. The fourth-order valence-corrected chi connectivity index (χ4v) is 3.50. The van der Waals surface area contributed by atoms with Crippen LogP contribution in [0.15, 0.2) is 0 Å². The normalized spacial score (nSPS) is 27.8. The second kappa shape index (κ2) is 3.59. The maximum atomic E-state index is 11.7. The van der Waals surface area contributed by atoms with Crippen LogP contribution in [0.25, 0.3) is 0 Å². The molecule has 1 heterocycles. The Hall–Kier alpha value is -1.32. The molecule has 3 aliphatic carbocycles. The van der Waals surface area contributed by atoms with Gasteiger partial charge in [-0.2, -0.15) is 5.10 Å². The molecule has 3 aliphatic rings. The smallest absolute Gasteiger partial charge is 0.375 e. The van der Waals surface area contributed by atoms with Crippen LogP contribution in [0.5, 0.6) is 0 Å². The lowest BCUT2D eigenvalue weighted by Gasteiger charge is -1.99. The summed E-state index contributed by atoms with van der Waals surface area (Å²) in [7, 11) is 0. The molecule has 1 aromatic heterocycles. The minimum atomic E-state index is -0.128. The summed E-state index contributed by atoms with van der Waals surface area (Å²) in [5.74, 6) is 2.27. The first-order valence-corrected chi connectivity index (χ1v) is 7.08. The van der Waals surface area contributed by atoms with Gasteiger partial charge in [0.1, 0.15) is 0 Å². The zero-order valence-corrected chi connectivity index (χ0v) is 10.7. The molecular formula is C14H19N2O2+. The predicted octanol–water partition coefficient (Wildman–Crippen LogP) is 1.40. The number of hydrogen-bond donors (Lipinski definition) is 1. The van der Waals surface area contributed by atoms with Gasteiger partial charge in [-0.05, 0) is 44.4 Å². The first-order valence-electron chi connectivity index (χ1n) is 7.08. The second-order valence-electron chi connectivity index (χ2n) is 5.86. The van der Waals surface area contributed by atoms with Crippen molar-refractivity contribution in [3.63, 3.8) is 0 Å². The number of hydrogen-bond acceptors (Lipinski definition) is 2. The number of ether oxygens (including phenoxy) is 1. The number of nitrogens with zero attached hydrogens (tertiary/aromatic N) is 1. The van der Waals surface area contributed by atoms with Crippen molar-refractivity contribution in [2.24, 2.45) is 5.92 Å². The molecule has 18 heavy (non-hydrogen) atoms. The number of carbonyl (C=O) groups is 1. The molecular weight excluding hydrogens is 228 g/mol. The van der Waals surface area contributed by atoms with Crippen LogP contribution in [0.1, 0.15) is 55.0 Å². The molecule has 0 amide bonds. The number of esters is 1. The topological polar surface area (TPSA) is 46.0 Å². The van der Waals surface area contributed by atoms with Gasteiger partial charge in [0.2, 0.25) is 5.69 Å². The minimum absolute atomic E-state index is 0.128. The number of rotatable bonds is 4. The van der Waals surface area contributed by atoms with E-state index in [9.17, 15) is 4.79 Å². The molecule has 4 rings (SSSR count). The molecule has 2 fully saturated rings. The first kappa shape index (κ1) is 10.6. The summed E-state index contributed by atoms with van der Waals surface area (Å²) in [6, 6.07) is 0. The number of H-pyrrole nitrogens is 1. The Kier molecular flexibility index (Phi) is 2.11. The number of aromatic nitrogens is 2. The number of fused-ring (bicyclic) bond motifs is 3. The van der Waals surface area contributed by atoms with Gasteiger partial charge < -0.3 is 4.74 Å². The molecule has 1 aromatic rings. The van der Waals surface area contributed by atoms with Gasteiger partial charge in [0.05, 0.1) is 12.3 Å². The summed E-state index contributed by atoms with van der Waals surface area (Å²) in [4.78, 5) is 11.7. The zero-order chi connectivity index (χ0) is 12.3. The lowest BCUT2D eigenvalue weighted by molar-refractivity contribution is -0.747. The highest BCUT2D eigenvalue weighted by molar-refractivity contribution is 5.67.